The quantitative estimate of drug-likeness (QED) is 0.753. The molecule has 0 aromatic rings. The summed E-state index contributed by atoms with van der Waals surface area (Å²) in [4.78, 5) is 0. The van der Waals surface area contributed by atoms with Crippen LogP contribution in [-0.2, 0) is 19.5 Å². The van der Waals surface area contributed by atoms with Gasteiger partial charge in [0.25, 0.3) is 0 Å². The Labute approximate surface area is 108 Å². The first-order chi connectivity index (χ1) is 8.49. The number of rotatable bonds is 4. The van der Waals surface area contributed by atoms with E-state index < -0.39 is 10.0 Å². The summed E-state index contributed by atoms with van der Waals surface area (Å²) >= 11 is 0. The summed E-state index contributed by atoms with van der Waals surface area (Å²) in [5, 5.41) is 0. The van der Waals surface area contributed by atoms with Crippen LogP contribution in [0, 0.1) is 0 Å². The highest BCUT2D eigenvalue weighted by Gasteiger charge is 2.33. The van der Waals surface area contributed by atoms with E-state index in [-0.39, 0.29) is 24.0 Å². The van der Waals surface area contributed by atoms with Gasteiger partial charge >= 0.3 is 0 Å². The standard InChI is InChI=1S/C11H22N2O4S/c1-9(12)11-7-13(4-6-17-11)18(14,15)8-10-3-2-5-16-10/h9-11H,2-8,12H2,1H3. The zero-order valence-corrected chi connectivity index (χ0v) is 11.6. The molecule has 7 heteroatoms. The minimum Gasteiger partial charge on any atom is -0.377 e. The van der Waals surface area contributed by atoms with Crippen molar-refractivity contribution in [2.24, 2.45) is 5.73 Å². The minimum absolute atomic E-state index is 0.0820. The second-order valence-electron chi connectivity index (χ2n) is 5.04. The maximum Gasteiger partial charge on any atom is 0.216 e. The van der Waals surface area contributed by atoms with Gasteiger partial charge in [0.05, 0.1) is 24.6 Å². The van der Waals surface area contributed by atoms with Gasteiger partial charge in [0.2, 0.25) is 10.0 Å². The summed E-state index contributed by atoms with van der Waals surface area (Å²) < 4.78 is 36.9. The SMILES string of the molecule is CC(N)C1CN(S(=O)(=O)CC2CCCO2)CCO1. The summed E-state index contributed by atoms with van der Waals surface area (Å²) in [7, 11) is -3.26. The zero-order chi connectivity index (χ0) is 13.2. The Morgan fingerprint density at radius 1 is 1.39 bits per heavy atom. The van der Waals surface area contributed by atoms with E-state index in [9.17, 15) is 8.42 Å². The predicted octanol–water partition coefficient (Wildman–Crippen LogP) is -0.457. The van der Waals surface area contributed by atoms with Crippen LogP contribution in [0.15, 0.2) is 0 Å². The number of morpholine rings is 1. The van der Waals surface area contributed by atoms with Gasteiger partial charge in [-0.05, 0) is 19.8 Å². The molecule has 0 bridgehead atoms. The lowest BCUT2D eigenvalue weighted by Gasteiger charge is -2.34. The van der Waals surface area contributed by atoms with Crippen molar-refractivity contribution in [3.63, 3.8) is 0 Å². The molecule has 0 amide bonds. The summed E-state index contributed by atoms with van der Waals surface area (Å²) in [6.07, 6.45) is 1.43. The average molecular weight is 278 g/mol. The minimum atomic E-state index is -3.26. The van der Waals surface area contributed by atoms with Crippen LogP contribution in [-0.4, -0.2) is 63.0 Å². The Morgan fingerprint density at radius 2 is 2.17 bits per heavy atom. The molecule has 106 valence electrons. The van der Waals surface area contributed by atoms with Crippen molar-refractivity contribution in [2.45, 2.75) is 38.0 Å². The molecule has 0 aromatic heterocycles. The summed E-state index contributed by atoms with van der Waals surface area (Å²) in [5.74, 6) is 0.0820. The molecule has 3 atom stereocenters. The Kier molecular flexibility index (Phi) is 4.60. The van der Waals surface area contributed by atoms with Crippen molar-refractivity contribution in [1.29, 1.82) is 0 Å². The molecule has 2 saturated heterocycles. The van der Waals surface area contributed by atoms with E-state index in [0.29, 0.717) is 26.3 Å². The summed E-state index contributed by atoms with van der Waals surface area (Å²) in [6.45, 7) is 3.69. The van der Waals surface area contributed by atoms with Crippen LogP contribution in [0.5, 0.6) is 0 Å². The first-order valence-electron chi connectivity index (χ1n) is 6.45. The normalized spacial score (nSPS) is 32.6. The van der Waals surface area contributed by atoms with E-state index in [1.165, 1.54) is 4.31 Å². The van der Waals surface area contributed by atoms with Crippen LogP contribution in [0.2, 0.25) is 0 Å². The van der Waals surface area contributed by atoms with Crippen LogP contribution < -0.4 is 5.73 Å². The lowest BCUT2D eigenvalue weighted by molar-refractivity contribution is -0.0123. The Balaban J connectivity index is 1.95. The van der Waals surface area contributed by atoms with E-state index in [1.54, 1.807) is 0 Å². The number of hydrogen-bond donors (Lipinski definition) is 1. The maximum atomic E-state index is 12.3. The van der Waals surface area contributed by atoms with E-state index in [4.69, 9.17) is 15.2 Å². The molecule has 0 saturated carbocycles. The summed E-state index contributed by atoms with van der Waals surface area (Å²) in [6, 6.07) is -0.161. The third-order valence-electron chi connectivity index (χ3n) is 3.46. The lowest BCUT2D eigenvalue weighted by Crippen LogP contribution is -2.52. The van der Waals surface area contributed by atoms with Gasteiger partial charge in [-0.3, -0.25) is 0 Å². The molecule has 2 aliphatic heterocycles. The number of hydrogen-bond acceptors (Lipinski definition) is 5. The molecular formula is C11H22N2O4S. The van der Waals surface area contributed by atoms with Gasteiger partial charge in [0.15, 0.2) is 0 Å². The number of nitrogens with zero attached hydrogens (tertiary/aromatic N) is 1. The molecule has 0 spiro atoms. The second-order valence-corrected chi connectivity index (χ2v) is 7.05. The molecule has 2 N–H and O–H groups in total. The first kappa shape index (κ1) is 14.2. The van der Waals surface area contributed by atoms with Crippen molar-refractivity contribution >= 4 is 10.0 Å². The lowest BCUT2D eigenvalue weighted by atomic mass is 10.2. The summed E-state index contributed by atoms with van der Waals surface area (Å²) in [5.41, 5.74) is 5.77. The van der Waals surface area contributed by atoms with Gasteiger partial charge < -0.3 is 15.2 Å². The third-order valence-corrected chi connectivity index (χ3v) is 5.37. The molecule has 18 heavy (non-hydrogen) atoms. The fraction of sp³-hybridized carbons (Fsp3) is 1.00. The van der Waals surface area contributed by atoms with Crippen LogP contribution in [0.3, 0.4) is 0 Å². The molecule has 2 rings (SSSR count). The largest absolute Gasteiger partial charge is 0.377 e. The number of nitrogens with two attached hydrogens (primary N) is 1. The van der Waals surface area contributed by atoms with Crippen molar-refractivity contribution in [1.82, 2.24) is 4.31 Å². The van der Waals surface area contributed by atoms with Crippen molar-refractivity contribution in [3.8, 4) is 0 Å². The smallest absolute Gasteiger partial charge is 0.216 e. The van der Waals surface area contributed by atoms with E-state index >= 15 is 0 Å². The van der Waals surface area contributed by atoms with Crippen LogP contribution >= 0.6 is 0 Å². The van der Waals surface area contributed by atoms with Gasteiger partial charge in [-0.1, -0.05) is 0 Å². The van der Waals surface area contributed by atoms with Gasteiger partial charge in [0.1, 0.15) is 0 Å². The Bertz CT molecular complexity index is 365. The van der Waals surface area contributed by atoms with E-state index in [2.05, 4.69) is 0 Å². The highest BCUT2D eigenvalue weighted by molar-refractivity contribution is 7.89. The van der Waals surface area contributed by atoms with E-state index in [1.807, 2.05) is 6.92 Å². The molecule has 2 aliphatic rings. The van der Waals surface area contributed by atoms with Crippen molar-refractivity contribution in [2.75, 3.05) is 32.1 Å². The number of ether oxygens (including phenoxy) is 2. The molecule has 0 radical (unpaired) electrons. The second kappa shape index (κ2) is 5.83. The monoisotopic (exact) mass is 278 g/mol. The first-order valence-corrected chi connectivity index (χ1v) is 8.06. The van der Waals surface area contributed by atoms with Crippen molar-refractivity contribution < 1.29 is 17.9 Å². The van der Waals surface area contributed by atoms with Gasteiger partial charge in [-0.15, -0.1) is 0 Å². The van der Waals surface area contributed by atoms with Gasteiger partial charge in [0, 0.05) is 25.7 Å². The average Bonchev–Trinajstić information content (AvgIpc) is 2.81. The molecule has 2 fully saturated rings. The third kappa shape index (κ3) is 3.42. The van der Waals surface area contributed by atoms with Gasteiger partial charge in [-0.25, -0.2) is 8.42 Å². The van der Waals surface area contributed by atoms with Crippen LogP contribution in [0.1, 0.15) is 19.8 Å². The molecule has 6 nitrogen and oxygen atoms in total. The highest BCUT2D eigenvalue weighted by Crippen LogP contribution is 2.18. The fourth-order valence-electron chi connectivity index (χ4n) is 2.34. The van der Waals surface area contributed by atoms with E-state index in [0.717, 1.165) is 12.8 Å². The van der Waals surface area contributed by atoms with Crippen LogP contribution in [0.4, 0.5) is 0 Å². The predicted molar refractivity (Wildman–Crippen MR) is 67.7 cm³/mol. The van der Waals surface area contributed by atoms with Crippen LogP contribution in [0.25, 0.3) is 0 Å². The molecule has 0 aromatic carbocycles. The van der Waals surface area contributed by atoms with Gasteiger partial charge in [-0.2, -0.15) is 4.31 Å². The highest BCUT2D eigenvalue weighted by atomic mass is 32.2. The Hall–Kier alpha value is -0.210. The van der Waals surface area contributed by atoms with Crippen molar-refractivity contribution in [3.05, 3.63) is 0 Å². The zero-order valence-electron chi connectivity index (χ0n) is 10.7. The molecule has 3 unspecified atom stereocenters. The fourth-order valence-corrected chi connectivity index (χ4v) is 4.01. The molecule has 0 aliphatic carbocycles. The molecular weight excluding hydrogens is 256 g/mol. The topological polar surface area (TPSA) is 81.9 Å². The molecule has 2 heterocycles. The Morgan fingerprint density at radius 3 is 2.78 bits per heavy atom. The maximum absolute atomic E-state index is 12.3. The number of sulfonamides is 1.